The first kappa shape index (κ1) is 5.56. The molecular weight excluding hydrogens is 102 g/mol. The maximum absolute atomic E-state index is 7.00. The van der Waals surface area contributed by atoms with Crippen LogP contribution in [0.4, 0.5) is 0 Å². The summed E-state index contributed by atoms with van der Waals surface area (Å²) in [4.78, 5) is 0. The fourth-order valence-corrected chi connectivity index (χ4v) is 0.827. The lowest BCUT2D eigenvalue weighted by atomic mass is 9.77. The molecule has 3 nitrogen and oxygen atoms in total. The van der Waals surface area contributed by atoms with E-state index in [0.717, 1.165) is 19.3 Å². The van der Waals surface area contributed by atoms with E-state index < -0.39 is 5.54 Å². The summed E-state index contributed by atoms with van der Waals surface area (Å²) < 4.78 is 0. The van der Waals surface area contributed by atoms with Crippen molar-refractivity contribution in [2.75, 3.05) is 0 Å². The van der Waals surface area contributed by atoms with Crippen molar-refractivity contribution >= 4 is 5.84 Å². The largest absolute Gasteiger partial charge is 0.386 e. The third-order valence-corrected chi connectivity index (χ3v) is 1.78. The molecule has 0 saturated heterocycles. The molecule has 3 heteroatoms. The van der Waals surface area contributed by atoms with Crippen LogP contribution in [0.1, 0.15) is 19.3 Å². The molecule has 0 aliphatic heterocycles. The van der Waals surface area contributed by atoms with Crippen LogP contribution in [0.15, 0.2) is 0 Å². The maximum Gasteiger partial charge on any atom is 0.111 e. The first-order chi connectivity index (χ1) is 3.65. The molecule has 0 aromatic carbocycles. The molecule has 1 aliphatic carbocycles. The number of nitrogens with two attached hydrogens (primary N) is 2. The third-order valence-electron chi connectivity index (χ3n) is 1.78. The van der Waals surface area contributed by atoms with Gasteiger partial charge in [-0.2, -0.15) is 0 Å². The minimum absolute atomic E-state index is 0.142. The van der Waals surface area contributed by atoms with Crippen LogP contribution in [-0.4, -0.2) is 11.4 Å². The van der Waals surface area contributed by atoms with E-state index in [2.05, 4.69) is 0 Å². The number of hydrogen-bond donors (Lipinski definition) is 3. The average molecular weight is 113 g/mol. The van der Waals surface area contributed by atoms with Gasteiger partial charge in [-0.15, -0.1) is 0 Å². The lowest BCUT2D eigenvalue weighted by molar-refractivity contribution is 0.339. The predicted molar refractivity (Wildman–Crippen MR) is 32.7 cm³/mol. The molecule has 8 heavy (non-hydrogen) atoms. The summed E-state index contributed by atoms with van der Waals surface area (Å²) in [6.07, 6.45) is 2.90. The van der Waals surface area contributed by atoms with Gasteiger partial charge in [-0.25, -0.2) is 0 Å². The Morgan fingerprint density at radius 1 is 1.50 bits per heavy atom. The normalized spacial score (nSPS) is 24.1. The quantitative estimate of drug-likeness (QED) is 0.325. The molecular formula is C5H11N3. The van der Waals surface area contributed by atoms with Crippen molar-refractivity contribution < 1.29 is 0 Å². The average Bonchev–Trinajstić information content (AvgIpc) is 1.60. The Hall–Kier alpha value is -0.570. The Labute approximate surface area is 48.6 Å². The summed E-state index contributed by atoms with van der Waals surface area (Å²) in [5.41, 5.74) is 10.4. The molecule has 1 aliphatic rings. The van der Waals surface area contributed by atoms with Gasteiger partial charge in [-0.05, 0) is 19.3 Å². The van der Waals surface area contributed by atoms with Gasteiger partial charge in [-0.1, -0.05) is 0 Å². The molecule has 0 spiro atoms. The summed E-state index contributed by atoms with van der Waals surface area (Å²) in [6, 6.07) is 0. The molecule has 0 aromatic heterocycles. The van der Waals surface area contributed by atoms with Gasteiger partial charge in [0.05, 0.1) is 5.54 Å². The molecule has 0 atom stereocenters. The van der Waals surface area contributed by atoms with Gasteiger partial charge in [0, 0.05) is 0 Å². The zero-order chi connectivity index (χ0) is 6.20. The lowest BCUT2D eigenvalue weighted by Crippen LogP contribution is -2.56. The van der Waals surface area contributed by atoms with E-state index in [1.54, 1.807) is 0 Å². The van der Waals surface area contributed by atoms with E-state index in [-0.39, 0.29) is 5.84 Å². The van der Waals surface area contributed by atoms with Gasteiger partial charge in [-0.3, -0.25) is 5.41 Å². The topological polar surface area (TPSA) is 75.9 Å². The minimum atomic E-state index is -0.417. The van der Waals surface area contributed by atoms with E-state index in [4.69, 9.17) is 16.9 Å². The summed E-state index contributed by atoms with van der Waals surface area (Å²) in [6.45, 7) is 0. The Morgan fingerprint density at radius 2 is 2.00 bits per heavy atom. The lowest BCUT2D eigenvalue weighted by Gasteiger charge is -2.36. The highest BCUT2D eigenvalue weighted by atomic mass is 14.9. The number of rotatable bonds is 1. The zero-order valence-electron chi connectivity index (χ0n) is 4.78. The van der Waals surface area contributed by atoms with Crippen molar-refractivity contribution in [2.24, 2.45) is 11.5 Å². The van der Waals surface area contributed by atoms with Crippen LogP contribution in [0, 0.1) is 5.41 Å². The second-order valence-electron chi connectivity index (χ2n) is 2.42. The van der Waals surface area contributed by atoms with Crippen molar-refractivity contribution in [1.82, 2.24) is 0 Å². The summed E-state index contributed by atoms with van der Waals surface area (Å²) in [7, 11) is 0. The number of amidine groups is 1. The van der Waals surface area contributed by atoms with E-state index in [1.807, 2.05) is 0 Å². The van der Waals surface area contributed by atoms with Crippen LogP contribution >= 0.6 is 0 Å². The molecule has 0 heterocycles. The highest BCUT2D eigenvalue weighted by molar-refractivity contribution is 5.87. The molecule has 5 N–H and O–H groups in total. The maximum atomic E-state index is 7.00. The Bertz CT molecular complexity index is 115. The molecule has 0 aromatic rings. The van der Waals surface area contributed by atoms with Crippen LogP contribution in [0.25, 0.3) is 0 Å². The Morgan fingerprint density at radius 3 is 2.00 bits per heavy atom. The molecule has 0 unspecified atom stereocenters. The molecule has 0 radical (unpaired) electrons. The molecule has 1 rings (SSSR count). The molecule has 0 amide bonds. The fraction of sp³-hybridized carbons (Fsp3) is 0.800. The second kappa shape index (κ2) is 1.45. The van der Waals surface area contributed by atoms with Crippen molar-refractivity contribution in [3.63, 3.8) is 0 Å². The van der Waals surface area contributed by atoms with E-state index in [1.165, 1.54) is 0 Å². The van der Waals surface area contributed by atoms with Crippen molar-refractivity contribution in [1.29, 1.82) is 5.41 Å². The van der Waals surface area contributed by atoms with Gasteiger partial charge in [0.15, 0.2) is 0 Å². The van der Waals surface area contributed by atoms with E-state index >= 15 is 0 Å². The van der Waals surface area contributed by atoms with E-state index in [9.17, 15) is 0 Å². The standard InChI is InChI=1S/C5H11N3/c6-4(7)5(8)2-1-3-5/h1-3,8H2,(H3,6,7). The second-order valence-corrected chi connectivity index (χ2v) is 2.42. The van der Waals surface area contributed by atoms with Crippen molar-refractivity contribution in [3.8, 4) is 0 Å². The smallest absolute Gasteiger partial charge is 0.111 e. The fourth-order valence-electron chi connectivity index (χ4n) is 0.827. The minimum Gasteiger partial charge on any atom is -0.386 e. The predicted octanol–water partition coefficient (Wildman–Crippen LogP) is -0.196. The highest BCUT2D eigenvalue weighted by Crippen LogP contribution is 2.28. The van der Waals surface area contributed by atoms with Gasteiger partial charge < -0.3 is 11.5 Å². The van der Waals surface area contributed by atoms with Crippen LogP contribution in [0.3, 0.4) is 0 Å². The number of hydrogen-bond acceptors (Lipinski definition) is 2. The Kier molecular flexibility index (Phi) is 1.01. The van der Waals surface area contributed by atoms with Gasteiger partial charge in [0.2, 0.25) is 0 Å². The van der Waals surface area contributed by atoms with E-state index in [0.29, 0.717) is 0 Å². The van der Waals surface area contributed by atoms with Crippen molar-refractivity contribution in [3.05, 3.63) is 0 Å². The van der Waals surface area contributed by atoms with Gasteiger partial charge >= 0.3 is 0 Å². The monoisotopic (exact) mass is 113 g/mol. The van der Waals surface area contributed by atoms with Crippen LogP contribution in [-0.2, 0) is 0 Å². The third kappa shape index (κ3) is 0.591. The SMILES string of the molecule is N=C(N)C1(N)CCC1. The summed E-state index contributed by atoms with van der Waals surface area (Å²) in [5, 5.41) is 7.00. The highest BCUT2D eigenvalue weighted by Gasteiger charge is 2.35. The van der Waals surface area contributed by atoms with Gasteiger partial charge in [0.1, 0.15) is 5.84 Å². The Balaban J connectivity index is 2.53. The van der Waals surface area contributed by atoms with Crippen LogP contribution in [0.5, 0.6) is 0 Å². The van der Waals surface area contributed by atoms with Crippen LogP contribution < -0.4 is 11.5 Å². The summed E-state index contributed by atoms with van der Waals surface area (Å²) >= 11 is 0. The molecule has 1 fully saturated rings. The molecule has 1 saturated carbocycles. The molecule has 0 bridgehead atoms. The van der Waals surface area contributed by atoms with Crippen LogP contribution in [0.2, 0.25) is 0 Å². The first-order valence-electron chi connectivity index (χ1n) is 2.78. The zero-order valence-corrected chi connectivity index (χ0v) is 4.78. The van der Waals surface area contributed by atoms with Gasteiger partial charge in [0.25, 0.3) is 0 Å². The van der Waals surface area contributed by atoms with Crippen molar-refractivity contribution in [2.45, 2.75) is 24.8 Å². The summed E-state index contributed by atoms with van der Waals surface area (Å²) in [5.74, 6) is 0.142. The molecule has 46 valence electrons. The first-order valence-corrected chi connectivity index (χ1v) is 2.78. The number of nitrogens with one attached hydrogen (secondary N) is 1.